The molecular formula is C42H49BrFN3O6. The molecule has 3 aromatic rings. The maximum atomic E-state index is 14.7. The average molecular weight is 791 g/mol. The molecule has 282 valence electrons. The molecule has 1 aliphatic carbocycles. The lowest BCUT2D eigenvalue weighted by Gasteiger charge is -2.45. The largest absolute Gasteiger partial charge is 0.492 e. The van der Waals surface area contributed by atoms with E-state index >= 15 is 0 Å². The highest BCUT2D eigenvalue weighted by Crippen LogP contribution is 2.37. The van der Waals surface area contributed by atoms with Crippen molar-refractivity contribution in [3.05, 3.63) is 98.8 Å². The van der Waals surface area contributed by atoms with Gasteiger partial charge in [0.1, 0.15) is 23.9 Å². The topological polar surface area (TPSA) is 97.4 Å². The Morgan fingerprint density at radius 2 is 1.72 bits per heavy atom. The van der Waals surface area contributed by atoms with Crippen LogP contribution in [0, 0.1) is 19.7 Å². The molecule has 2 fully saturated rings. The van der Waals surface area contributed by atoms with Gasteiger partial charge in [0.25, 0.3) is 5.91 Å². The van der Waals surface area contributed by atoms with E-state index in [1.54, 1.807) is 6.07 Å². The maximum absolute atomic E-state index is 14.7. The van der Waals surface area contributed by atoms with Gasteiger partial charge in [-0.25, -0.2) is 4.39 Å². The number of piperazine rings is 1. The summed E-state index contributed by atoms with van der Waals surface area (Å²) in [6, 6.07) is 18.7. The molecule has 2 bridgehead atoms. The molecule has 11 heteroatoms. The fourth-order valence-corrected chi connectivity index (χ4v) is 7.55. The van der Waals surface area contributed by atoms with Crippen LogP contribution in [0.3, 0.4) is 0 Å². The Morgan fingerprint density at radius 3 is 2.45 bits per heavy atom. The van der Waals surface area contributed by atoms with Crippen LogP contribution in [0.15, 0.2) is 70.7 Å². The zero-order valence-corrected chi connectivity index (χ0v) is 32.4. The summed E-state index contributed by atoms with van der Waals surface area (Å²) in [4.78, 5) is 43.6. The fraction of sp³-hybridized carbons (Fsp3) is 0.452. The predicted octanol–water partition coefficient (Wildman–Crippen LogP) is 6.96. The van der Waals surface area contributed by atoms with Gasteiger partial charge in [0, 0.05) is 49.7 Å². The monoisotopic (exact) mass is 789 g/mol. The van der Waals surface area contributed by atoms with E-state index in [4.69, 9.17) is 14.2 Å². The molecule has 53 heavy (non-hydrogen) atoms. The molecule has 2 heterocycles. The van der Waals surface area contributed by atoms with Crippen molar-refractivity contribution in [1.29, 1.82) is 0 Å². The van der Waals surface area contributed by atoms with Crippen LogP contribution in [-0.2, 0) is 25.5 Å². The van der Waals surface area contributed by atoms with Crippen molar-refractivity contribution in [1.82, 2.24) is 15.1 Å². The molecule has 1 saturated heterocycles. The Bertz CT molecular complexity index is 1830. The second-order valence-corrected chi connectivity index (χ2v) is 15.1. The molecule has 3 aromatic carbocycles. The van der Waals surface area contributed by atoms with Gasteiger partial charge in [-0.3, -0.25) is 14.4 Å². The number of hydrogen-bond donors (Lipinski definition) is 1. The fourth-order valence-electron chi connectivity index (χ4n) is 7.19. The minimum atomic E-state index is -0.339. The van der Waals surface area contributed by atoms with Gasteiger partial charge in [-0.05, 0) is 120 Å². The van der Waals surface area contributed by atoms with Crippen LogP contribution in [0.4, 0.5) is 4.39 Å². The quantitative estimate of drug-likeness (QED) is 0.124. The van der Waals surface area contributed by atoms with Crippen LogP contribution in [0.5, 0.6) is 11.5 Å². The summed E-state index contributed by atoms with van der Waals surface area (Å²) in [5.74, 6) is 0.591. The summed E-state index contributed by atoms with van der Waals surface area (Å²) in [6.45, 7) is 6.35. The number of amides is 2. The van der Waals surface area contributed by atoms with Crippen molar-refractivity contribution in [2.24, 2.45) is 0 Å². The number of carbonyl (C=O) groups excluding carboxylic acids is 3. The standard InChI is InChI=1S/C42H49BrFN3O6/c1-27-9-17-34(22-28(27)2)52-21-19-47(33-15-16-33)42(50)41-35(24-32-25-46(26-37(41)45-32)39(48)7-4-8-40(49)51-3)30-12-10-29(11-13-30)6-5-20-53-38-23-31(44)14-18-36(38)43/h9-14,17-18,22-23,32-33,37,45H,4-8,15-16,19-21,24-26H2,1-3H3/t32-,37-/m1/s1. The molecule has 3 aliphatic rings. The summed E-state index contributed by atoms with van der Waals surface area (Å²) in [5, 5.41) is 3.68. The summed E-state index contributed by atoms with van der Waals surface area (Å²) in [6.07, 6.45) is 4.94. The first-order valence-corrected chi connectivity index (χ1v) is 19.4. The molecule has 0 aromatic heterocycles. The minimum absolute atomic E-state index is 0.00754. The van der Waals surface area contributed by atoms with E-state index in [1.165, 1.54) is 24.8 Å². The van der Waals surface area contributed by atoms with E-state index in [-0.39, 0.29) is 54.6 Å². The number of fused-ring (bicyclic) bond motifs is 2. The van der Waals surface area contributed by atoms with E-state index in [9.17, 15) is 18.8 Å². The minimum Gasteiger partial charge on any atom is -0.492 e. The second kappa shape index (κ2) is 17.7. The smallest absolute Gasteiger partial charge is 0.305 e. The van der Waals surface area contributed by atoms with Crippen LogP contribution < -0.4 is 14.8 Å². The average Bonchev–Trinajstić information content (AvgIpc) is 4.00. The predicted molar refractivity (Wildman–Crippen MR) is 205 cm³/mol. The molecule has 1 N–H and O–H groups in total. The summed E-state index contributed by atoms with van der Waals surface area (Å²) in [7, 11) is 1.35. The molecule has 2 amide bonds. The Hall–Kier alpha value is -4.22. The van der Waals surface area contributed by atoms with Crippen LogP contribution in [0.1, 0.15) is 67.2 Å². The number of nitrogens with one attached hydrogen (secondary N) is 1. The number of halogens is 2. The number of nitrogens with zero attached hydrogens (tertiary/aromatic N) is 2. The lowest BCUT2D eigenvalue weighted by Crippen LogP contribution is -2.62. The van der Waals surface area contributed by atoms with Crippen LogP contribution in [0.2, 0.25) is 0 Å². The van der Waals surface area contributed by atoms with Gasteiger partial charge in [-0.1, -0.05) is 30.3 Å². The molecular weight excluding hydrogens is 741 g/mol. The number of methoxy groups -OCH3 is 1. The molecule has 0 spiro atoms. The van der Waals surface area contributed by atoms with E-state index in [0.717, 1.165) is 53.7 Å². The third-order valence-electron chi connectivity index (χ3n) is 10.4. The zero-order chi connectivity index (χ0) is 37.5. The van der Waals surface area contributed by atoms with Gasteiger partial charge < -0.3 is 29.3 Å². The Kier molecular flexibility index (Phi) is 12.9. The van der Waals surface area contributed by atoms with Crippen molar-refractivity contribution >= 4 is 39.3 Å². The SMILES string of the molecule is COC(=O)CCCC(=O)N1C[C@H]2CC(c3ccc(CCCOc4cc(F)ccc4Br)cc3)=C(C(=O)N(CCOc3ccc(C)c(C)c3)C3CC3)[C@@H](C1)N2. The number of ether oxygens (including phenoxy) is 3. The first-order valence-electron chi connectivity index (χ1n) is 18.6. The first-order chi connectivity index (χ1) is 25.6. The Labute approximate surface area is 320 Å². The highest BCUT2D eigenvalue weighted by atomic mass is 79.9. The summed E-state index contributed by atoms with van der Waals surface area (Å²) in [5.41, 5.74) is 6.25. The highest BCUT2D eigenvalue weighted by molar-refractivity contribution is 9.10. The zero-order valence-electron chi connectivity index (χ0n) is 30.8. The van der Waals surface area contributed by atoms with Crippen molar-refractivity contribution < 1.29 is 33.0 Å². The summed E-state index contributed by atoms with van der Waals surface area (Å²) < 4.78 is 31.1. The number of esters is 1. The van der Waals surface area contributed by atoms with Gasteiger partial charge in [0.05, 0.1) is 30.8 Å². The molecule has 9 nitrogen and oxygen atoms in total. The molecule has 6 rings (SSSR count). The lowest BCUT2D eigenvalue weighted by molar-refractivity contribution is -0.141. The van der Waals surface area contributed by atoms with Crippen molar-refractivity contribution in [2.75, 3.05) is 40.0 Å². The normalized spacial score (nSPS) is 18.1. The van der Waals surface area contributed by atoms with Gasteiger partial charge >= 0.3 is 5.97 Å². The van der Waals surface area contributed by atoms with Gasteiger partial charge in [-0.15, -0.1) is 0 Å². The van der Waals surface area contributed by atoms with E-state index in [1.807, 2.05) is 28.0 Å². The highest BCUT2D eigenvalue weighted by Gasteiger charge is 2.43. The summed E-state index contributed by atoms with van der Waals surface area (Å²) >= 11 is 3.41. The van der Waals surface area contributed by atoms with E-state index in [0.29, 0.717) is 61.5 Å². The molecule has 0 unspecified atom stereocenters. The number of benzene rings is 3. The number of carbonyl (C=O) groups is 3. The van der Waals surface area contributed by atoms with Crippen LogP contribution >= 0.6 is 15.9 Å². The van der Waals surface area contributed by atoms with Crippen molar-refractivity contribution in [2.45, 2.75) is 83.3 Å². The van der Waals surface area contributed by atoms with E-state index < -0.39 is 0 Å². The third kappa shape index (κ3) is 10.1. The van der Waals surface area contributed by atoms with E-state index in [2.05, 4.69) is 59.4 Å². The number of rotatable bonds is 16. The second-order valence-electron chi connectivity index (χ2n) is 14.3. The van der Waals surface area contributed by atoms with Crippen LogP contribution in [0.25, 0.3) is 5.57 Å². The van der Waals surface area contributed by atoms with Gasteiger partial charge in [0.2, 0.25) is 5.91 Å². The Balaban J connectivity index is 1.19. The first kappa shape index (κ1) is 38.5. The Morgan fingerprint density at radius 1 is 0.925 bits per heavy atom. The van der Waals surface area contributed by atoms with Crippen molar-refractivity contribution in [3.63, 3.8) is 0 Å². The van der Waals surface area contributed by atoms with Gasteiger partial charge in [0.15, 0.2) is 0 Å². The van der Waals surface area contributed by atoms with Crippen molar-refractivity contribution in [3.8, 4) is 11.5 Å². The number of hydrogen-bond acceptors (Lipinski definition) is 7. The third-order valence-corrected chi connectivity index (χ3v) is 11.0. The van der Waals surface area contributed by atoms with Crippen LogP contribution in [-0.4, -0.2) is 85.7 Å². The lowest BCUT2D eigenvalue weighted by atomic mass is 9.82. The number of aryl methyl sites for hydroxylation is 3. The molecule has 2 atom stereocenters. The molecule has 2 aliphatic heterocycles. The van der Waals surface area contributed by atoms with Gasteiger partial charge in [-0.2, -0.15) is 0 Å². The molecule has 1 saturated carbocycles. The maximum Gasteiger partial charge on any atom is 0.305 e. The molecule has 0 radical (unpaired) electrons.